The van der Waals surface area contributed by atoms with Gasteiger partial charge in [-0.2, -0.15) is 0 Å². The lowest BCUT2D eigenvalue weighted by molar-refractivity contribution is 0.224. The molecule has 0 amide bonds. The summed E-state index contributed by atoms with van der Waals surface area (Å²) < 4.78 is 11.5. The normalized spacial score (nSPS) is 16.7. The maximum absolute atomic E-state index is 5.83. The Morgan fingerprint density at radius 2 is 1.95 bits per heavy atom. The molecule has 1 saturated carbocycles. The van der Waals surface area contributed by atoms with Crippen LogP contribution in [0.25, 0.3) is 0 Å². The first kappa shape index (κ1) is 16.1. The highest BCUT2D eigenvalue weighted by Gasteiger charge is 2.15. The molecule has 0 saturated heterocycles. The van der Waals surface area contributed by atoms with Crippen molar-refractivity contribution < 1.29 is 9.47 Å². The van der Waals surface area contributed by atoms with E-state index in [1.807, 2.05) is 31.2 Å². The Labute approximate surface area is 121 Å². The Hall–Kier alpha value is -0.930. The van der Waals surface area contributed by atoms with Gasteiger partial charge in [0.25, 0.3) is 0 Å². The summed E-state index contributed by atoms with van der Waals surface area (Å²) in [7, 11) is 0. The van der Waals surface area contributed by atoms with Crippen LogP contribution in [0.5, 0.6) is 11.5 Å². The summed E-state index contributed by atoms with van der Waals surface area (Å²) in [5, 5.41) is 0. The van der Waals surface area contributed by atoms with E-state index >= 15 is 0 Å². The molecule has 0 aromatic heterocycles. The zero-order chi connectivity index (χ0) is 12.8. The Morgan fingerprint density at radius 1 is 1.26 bits per heavy atom. The number of nitrogens with two attached hydrogens (primary N) is 1. The summed E-state index contributed by atoms with van der Waals surface area (Å²) in [6, 6.07) is 7.83. The molecule has 1 fully saturated rings. The molecule has 19 heavy (non-hydrogen) atoms. The molecule has 0 radical (unpaired) electrons. The quantitative estimate of drug-likeness (QED) is 0.871. The first-order valence-corrected chi connectivity index (χ1v) is 6.87. The summed E-state index contributed by atoms with van der Waals surface area (Å²) in [4.78, 5) is 0. The van der Waals surface area contributed by atoms with Gasteiger partial charge in [-0.3, -0.25) is 0 Å². The third kappa shape index (κ3) is 5.29. The molecule has 1 aliphatic rings. The molecule has 1 aromatic rings. The van der Waals surface area contributed by atoms with E-state index < -0.39 is 0 Å². The zero-order valence-electron chi connectivity index (χ0n) is 11.5. The molecule has 2 rings (SSSR count). The van der Waals surface area contributed by atoms with Crippen LogP contribution in [-0.2, 0) is 0 Å². The fourth-order valence-corrected chi connectivity index (χ4v) is 2.31. The summed E-state index contributed by atoms with van der Waals surface area (Å²) in [6.07, 6.45) is 5.35. The first-order chi connectivity index (χ1) is 8.78. The van der Waals surface area contributed by atoms with E-state index in [4.69, 9.17) is 15.2 Å². The van der Waals surface area contributed by atoms with Gasteiger partial charge in [-0.15, -0.1) is 12.4 Å². The lowest BCUT2D eigenvalue weighted by atomic mass is 10.1. The largest absolute Gasteiger partial charge is 0.493 e. The first-order valence-electron chi connectivity index (χ1n) is 6.87. The number of hydrogen-bond donors (Lipinski definition) is 1. The van der Waals surface area contributed by atoms with Crippen LogP contribution in [0.3, 0.4) is 0 Å². The Morgan fingerprint density at radius 3 is 2.63 bits per heavy atom. The Bertz CT molecular complexity index is 367. The van der Waals surface area contributed by atoms with Crippen molar-refractivity contribution in [2.24, 2.45) is 11.7 Å². The number of hydrogen-bond acceptors (Lipinski definition) is 3. The van der Waals surface area contributed by atoms with Gasteiger partial charge < -0.3 is 15.2 Å². The zero-order valence-corrected chi connectivity index (χ0v) is 12.3. The molecular formula is C15H24ClNO2. The van der Waals surface area contributed by atoms with E-state index in [0.717, 1.165) is 24.0 Å². The highest BCUT2D eigenvalue weighted by atomic mass is 35.5. The van der Waals surface area contributed by atoms with Gasteiger partial charge in [-0.25, -0.2) is 0 Å². The lowest BCUT2D eigenvalue weighted by Gasteiger charge is -2.15. The van der Waals surface area contributed by atoms with Crippen molar-refractivity contribution in [1.82, 2.24) is 0 Å². The van der Waals surface area contributed by atoms with E-state index in [9.17, 15) is 0 Å². The maximum atomic E-state index is 5.83. The standard InChI is InChI=1S/C15H23NO2.ClH/c1-12(10-16)18-15-8-4-7-14(9-15)17-11-13-5-2-3-6-13;/h4,7-9,12-13H,2-3,5-6,10-11,16H2,1H3;1H. The van der Waals surface area contributed by atoms with Crippen LogP contribution in [-0.4, -0.2) is 19.3 Å². The van der Waals surface area contributed by atoms with Gasteiger partial charge in [-0.1, -0.05) is 18.9 Å². The molecule has 0 aliphatic heterocycles. The second kappa shape index (κ2) is 8.28. The van der Waals surface area contributed by atoms with Crippen LogP contribution < -0.4 is 15.2 Å². The van der Waals surface area contributed by atoms with Gasteiger partial charge >= 0.3 is 0 Å². The van der Waals surface area contributed by atoms with E-state index in [1.54, 1.807) is 0 Å². The van der Waals surface area contributed by atoms with Crippen molar-refractivity contribution in [2.75, 3.05) is 13.2 Å². The topological polar surface area (TPSA) is 44.5 Å². The molecular weight excluding hydrogens is 262 g/mol. The van der Waals surface area contributed by atoms with Gasteiger partial charge in [0, 0.05) is 12.6 Å². The van der Waals surface area contributed by atoms with Crippen molar-refractivity contribution in [1.29, 1.82) is 0 Å². The summed E-state index contributed by atoms with van der Waals surface area (Å²) in [5.41, 5.74) is 5.54. The van der Waals surface area contributed by atoms with E-state index in [2.05, 4.69) is 0 Å². The molecule has 2 N–H and O–H groups in total. The van der Waals surface area contributed by atoms with E-state index in [-0.39, 0.29) is 18.5 Å². The highest BCUT2D eigenvalue weighted by Crippen LogP contribution is 2.26. The lowest BCUT2D eigenvalue weighted by Crippen LogP contribution is -2.22. The minimum absolute atomic E-state index is 0. The molecule has 0 bridgehead atoms. The van der Waals surface area contributed by atoms with E-state index in [0.29, 0.717) is 6.54 Å². The third-order valence-corrected chi connectivity index (χ3v) is 3.44. The van der Waals surface area contributed by atoms with Gasteiger partial charge in [0.1, 0.15) is 17.6 Å². The van der Waals surface area contributed by atoms with Gasteiger partial charge in [0.15, 0.2) is 0 Å². The van der Waals surface area contributed by atoms with Crippen LogP contribution in [0, 0.1) is 5.92 Å². The van der Waals surface area contributed by atoms with Crippen LogP contribution in [0.4, 0.5) is 0 Å². The van der Waals surface area contributed by atoms with Crippen LogP contribution in [0.15, 0.2) is 24.3 Å². The monoisotopic (exact) mass is 285 g/mol. The van der Waals surface area contributed by atoms with Crippen LogP contribution in [0.1, 0.15) is 32.6 Å². The third-order valence-electron chi connectivity index (χ3n) is 3.44. The SMILES string of the molecule is CC(CN)Oc1cccc(OCC2CCCC2)c1.Cl. The Kier molecular flexibility index (Phi) is 7.03. The number of benzene rings is 1. The molecule has 1 aliphatic carbocycles. The average Bonchev–Trinajstić information content (AvgIpc) is 2.90. The van der Waals surface area contributed by atoms with Crippen molar-refractivity contribution in [2.45, 2.75) is 38.7 Å². The van der Waals surface area contributed by atoms with Crippen molar-refractivity contribution in [3.63, 3.8) is 0 Å². The van der Waals surface area contributed by atoms with Crippen molar-refractivity contribution in [3.8, 4) is 11.5 Å². The molecule has 3 nitrogen and oxygen atoms in total. The highest BCUT2D eigenvalue weighted by molar-refractivity contribution is 5.85. The van der Waals surface area contributed by atoms with Crippen LogP contribution >= 0.6 is 12.4 Å². The molecule has 0 heterocycles. The molecule has 1 atom stereocenters. The van der Waals surface area contributed by atoms with Crippen molar-refractivity contribution >= 4 is 12.4 Å². The van der Waals surface area contributed by atoms with Gasteiger partial charge in [0.05, 0.1) is 6.61 Å². The summed E-state index contributed by atoms with van der Waals surface area (Å²) in [6.45, 7) is 3.31. The van der Waals surface area contributed by atoms with Gasteiger partial charge in [-0.05, 0) is 37.8 Å². The number of rotatable bonds is 6. The summed E-state index contributed by atoms with van der Waals surface area (Å²) in [5.74, 6) is 2.46. The minimum Gasteiger partial charge on any atom is -0.493 e. The maximum Gasteiger partial charge on any atom is 0.123 e. The molecule has 108 valence electrons. The van der Waals surface area contributed by atoms with Gasteiger partial charge in [0.2, 0.25) is 0 Å². The number of halogens is 1. The molecule has 0 spiro atoms. The smallest absolute Gasteiger partial charge is 0.123 e. The second-order valence-corrected chi connectivity index (χ2v) is 5.10. The van der Waals surface area contributed by atoms with Crippen LogP contribution in [0.2, 0.25) is 0 Å². The predicted molar refractivity (Wildman–Crippen MR) is 80.3 cm³/mol. The molecule has 1 unspecified atom stereocenters. The molecule has 1 aromatic carbocycles. The summed E-state index contributed by atoms with van der Waals surface area (Å²) >= 11 is 0. The average molecular weight is 286 g/mol. The molecule has 4 heteroatoms. The Balaban J connectivity index is 0.00000180. The van der Waals surface area contributed by atoms with Crippen molar-refractivity contribution in [3.05, 3.63) is 24.3 Å². The fourth-order valence-electron chi connectivity index (χ4n) is 2.31. The predicted octanol–water partition coefficient (Wildman–Crippen LogP) is 3.40. The fraction of sp³-hybridized carbons (Fsp3) is 0.600. The second-order valence-electron chi connectivity index (χ2n) is 5.10. The number of ether oxygens (including phenoxy) is 2. The van der Waals surface area contributed by atoms with E-state index in [1.165, 1.54) is 25.7 Å². The minimum atomic E-state index is 0.